The van der Waals surface area contributed by atoms with Crippen molar-refractivity contribution in [2.24, 2.45) is 0 Å². The highest BCUT2D eigenvalue weighted by molar-refractivity contribution is 7.80. The van der Waals surface area contributed by atoms with E-state index in [0.29, 0.717) is 6.54 Å². The number of aryl methyl sites for hydroxylation is 1. The number of benzene rings is 1. The van der Waals surface area contributed by atoms with Crippen LogP contribution in [0.2, 0.25) is 0 Å². The maximum absolute atomic E-state index is 12.5. The van der Waals surface area contributed by atoms with Crippen molar-refractivity contribution in [1.29, 1.82) is 0 Å². The summed E-state index contributed by atoms with van der Waals surface area (Å²) in [5.41, 5.74) is 2.72. The van der Waals surface area contributed by atoms with Crippen LogP contribution in [0.1, 0.15) is 30.9 Å². The molecule has 0 aliphatic rings. The van der Waals surface area contributed by atoms with Gasteiger partial charge in [0.1, 0.15) is 0 Å². The number of unbranched alkanes of at least 4 members (excludes halogenated alkanes) is 1. The van der Waals surface area contributed by atoms with Gasteiger partial charge in [0, 0.05) is 17.6 Å². The lowest BCUT2D eigenvalue weighted by Gasteiger charge is -2.26. The molecule has 5 nitrogen and oxygen atoms in total. The Hall–Kier alpha value is -1.92. The summed E-state index contributed by atoms with van der Waals surface area (Å²) in [6.45, 7) is 7.34. The fourth-order valence-electron chi connectivity index (χ4n) is 2.78. The molecule has 0 saturated heterocycles. The average molecular weight is 376 g/mol. The van der Waals surface area contributed by atoms with Crippen LogP contribution in [0.5, 0.6) is 0 Å². The number of hydrogen-bond donors (Lipinski definition) is 3. The number of nitrogens with one attached hydrogen (secondary N) is 3. The maximum atomic E-state index is 12.5. The Labute approximate surface area is 161 Å². The number of H-pyrrole nitrogens is 1. The van der Waals surface area contributed by atoms with Crippen LogP contribution in [0.3, 0.4) is 0 Å². The van der Waals surface area contributed by atoms with Crippen LogP contribution < -0.4 is 15.8 Å². The third kappa shape index (κ3) is 5.81. The van der Waals surface area contributed by atoms with Gasteiger partial charge in [-0.2, -0.15) is 0 Å². The summed E-state index contributed by atoms with van der Waals surface area (Å²) in [4.78, 5) is 19.0. The largest absolute Gasteiger partial charge is 0.363 e. The molecule has 3 N–H and O–H groups in total. The van der Waals surface area contributed by atoms with Crippen LogP contribution in [0.25, 0.3) is 10.9 Å². The topological polar surface area (TPSA) is 52.6 Å². The van der Waals surface area contributed by atoms with Gasteiger partial charge in [0.25, 0.3) is 5.56 Å². The van der Waals surface area contributed by atoms with Gasteiger partial charge in [0.05, 0.1) is 33.7 Å². The molecule has 0 fully saturated rings. The number of likely N-dealkylation sites (N-methyl/N-ethyl adjacent to an activating group) is 1. The molecule has 1 aromatic carbocycles. The van der Waals surface area contributed by atoms with Crippen LogP contribution in [0, 0.1) is 6.92 Å². The molecule has 0 aliphatic heterocycles. The molecule has 1 aromatic heterocycles. The number of aromatic amines is 1. The third-order valence-electron chi connectivity index (χ3n) is 4.42. The van der Waals surface area contributed by atoms with Crippen LogP contribution in [0.15, 0.2) is 29.1 Å². The number of hydrogen-bond acceptors (Lipinski definition) is 2. The Balaban J connectivity index is 2.21. The van der Waals surface area contributed by atoms with Gasteiger partial charge in [-0.15, -0.1) is 0 Å². The molecule has 6 heteroatoms. The van der Waals surface area contributed by atoms with Crippen LogP contribution in [-0.4, -0.2) is 48.7 Å². The number of pyridine rings is 1. The highest BCUT2D eigenvalue weighted by Gasteiger charge is 2.14. The van der Waals surface area contributed by atoms with Gasteiger partial charge in [-0.1, -0.05) is 25.5 Å². The minimum Gasteiger partial charge on any atom is -0.363 e. The van der Waals surface area contributed by atoms with Gasteiger partial charge in [-0.25, -0.2) is 0 Å². The monoisotopic (exact) mass is 375 g/mol. The van der Waals surface area contributed by atoms with Crippen molar-refractivity contribution in [1.82, 2.24) is 15.2 Å². The Bertz CT molecular complexity index is 800. The summed E-state index contributed by atoms with van der Waals surface area (Å²) in [5, 5.41) is 5.10. The van der Waals surface area contributed by atoms with Crippen molar-refractivity contribution in [3.63, 3.8) is 0 Å². The maximum Gasteiger partial charge on any atom is 0.253 e. The van der Waals surface area contributed by atoms with Crippen LogP contribution >= 0.6 is 12.2 Å². The van der Waals surface area contributed by atoms with E-state index in [-0.39, 0.29) is 5.56 Å². The van der Waals surface area contributed by atoms with Gasteiger partial charge in [-0.05, 0) is 48.6 Å². The van der Waals surface area contributed by atoms with E-state index in [1.165, 1.54) is 4.90 Å². The van der Waals surface area contributed by atoms with E-state index in [4.69, 9.17) is 12.2 Å². The predicted molar refractivity (Wildman–Crippen MR) is 113 cm³/mol. The van der Waals surface area contributed by atoms with Gasteiger partial charge >= 0.3 is 0 Å². The van der Waals surface area contributed by atoms with Crippen molar-refractivity contribution in [3.05, 3.63) is 45.7 Å². The molecular formula is C20H31N4OS+. The molecule has 0 atom stereocenters. The van der Waals surface area contributed by atoms with Gasteiger partial charge in [-0.3, -0.25) is 4.79 Å². The molecule has 0 radical (unpaired) electrons. The van der Waals surface area contributed by atoms with E-state index in [0.717, 1.165) is 59.6 Å². The predicted octanol–water partition coefficient (Wildman–Crippen LogP) is 1.46. The molecule has 0 unspecified atom stereocenters. The van der Waals surface area contributed by atoms with Crippen molar-refractivity contribution < 1.29 is 4.90 Å². The quantitative estimate of drug-likeness (QED) is 0.483. The highest BCUT2D eigenvalue weighted by atomic mass is 32.1. The van der Waals surface area contributed by atoms with Crippen molar-refractivity contribution in [2.45, 2.75) is 33.2 Å². The first-order chi connectivity index (χ1) is 12.4. The van der Waals surface area contributed by atoms with E-state index >= 15 is 0 Å². The average Bonchev–Trinajstić information content (AvgIpc) is 2.58. The lowest BCUT2D eigenvalue weighted by molar-refractivity contribution is -0.857. The summed E-state index contributed by atoms with van der Waals surface area (Å²) in [7, 11) is 4.24. The van der Waals surface area contributed by atoms with Gasteiger partial charge in [0.15, 0.2) is 5.11 Å². The summed E-state index contributed by atoms with van der Waals surface area (Å²) in [6.07, 6.45) is 2.21. The number of quaternary nitrogens is 1. The summed E-state index contributed by atoms with van der Waals surface area (Å²) < 4.78 is 0. The Morgan fingerprint density at radius 1 is 1.31 bits per heavy atom. The second kappa shape index (κ2) is 9.69. The molecule has 142 valence electrons. The van der Waals surface area contributed by atoms with Gasteiger partial charge < -0.3 is 20.1 Å². The SMILES string of the molecule is CCCCNC(=S)N(CC[NH+](C)C)Cc1cc2ccc(C)cc2[nH]c1=O. The standard InChI is InChI=1S/C20H30N4OS/c1-5-6-9-21-20(26)24(11-10-23(3)4)14-17-13-16-8-7-15(2)12-18(16)22-19(17)25/h7-8,12-13H,5-6,9-11,14H2,1-4H3,(H,21,26)(H,22,25)/p+1. The fraction of sp³-hybridized carbons (Fsp3) is 0.500. The molecule has 0 bridgehead atoms. The number of rotatable bonds is 8. The molecule has 0 amide bonds. The van der Waals surface area contributed by atoms with E-state index in [2.05, 4.69) is 48.4 Å². The normalized spacial score (nSPS) is 11.1. The molecule has 2 rings (SSSR count). The van der Waals surface area contributed by atoms with Crippen LogP contribution in [-0.2, 0) is 6.54 Å². The summed E-state index contributed by atoms with van der Waals surface area (Å²) in [6, 6.07) is 8.10. The van der Waals surface area contributed by atoms with Crippen molar-refractivity contribution in [2.75, 3.05) is 33.7 Å². The van der Waals surface area contributed by atoms with E-state index in [1.807, 2.05) is 19.1 Å². The first-order valence-electron chi connectivity index (χ1n) is 9.35. The number of nitrogens with zero attached hydrogens (tertiary/aromatic N) is 1. The van der Waals surface area contributed by atoms with Crippen molar-refractivity contribution in [3.8, 4) is 0 Å². The zero-order valence-corrected chi connectivity index (χ0v) is 17.1. The summed E-state index contributed by atoms with van der Waals surface area (Å²) >= 11 is 5.59. The van der Waals surface area contributed by atoms with E-state index in [9.17, 15) is 4.79 Å². The minimum atomic E-state index is -0.0401. The van der Waals surface area contributed by atoms with E-state index < -0.39 is 0 Å². The lowest BCUT2D eigenvalue weighted by atomic mass is 10.1. The molecule has 0 aliphatic carbocycles. The van der Waals surface area contributed by atoms with Gasteiger partial charge in [0.2, 0.25) is 0 Å². The zero-order chi connectivity index (χ0) is 19.1. The van der Waals surface area contributed by atoms with E-state index in [1.54, 1.807) is 0 Å². The molecular weight excluding hydrogens is 344 g/mol. The Morgan fingerprint density at radius 2 is 2.08 bits per heavy atom. The minimum absolute atomic E-state index is 0.0401. The molecule has 0 saturated carbocycles. The number of fused-ring (bicyclic) bond motifs is 1. The third-order valence-corrected chi connectivity index (χ3v) is 4.82. The number of aromatic nitrogens is 1. The Kier molecular flexibility index (Phi) is 7.60. The zero-order valence-electron chi connectivity index (χ0n) is 16.3. The van der Waals surface area contributed by atoms with Crippen molar-refractivity contribution >= 4 is 28.2 Å². The molecule has 0 spiro atoms. The molecule has 2 aromatic rings. The van der Waals surface area contributed by atoms with Crippen LogP contribution in [0.4, 0.5) is 0 Å². The highest BCUT2D eigenvalue weighted by Crippen LogP contribution is 2.14. The first kappa shape index (κ1) is 20.4. The summed E-state index contributed by atoms with van der Waals surface area (Å²) in [5.74, 6) is 0. The smallest absolute Gasteiger partial charge is 0.253 e. The fourth-order valence-corrected chi connectivity index (χ4v) is 3.04. The second-order valence-electron chi connectivity index (χ2n) is 7.18. The lowest BCUT2D eigenvalue weighted by Crippen LogP contribution is -3.06. The number of thiocarbonyl (C=S) groups is 1. The molecule has 26 heavy (non-hydrogen) atoms. The second-order valence-corrected chi connectivity index (χ2v) is 7.57. The molecule has 1 heterocycles. The Morgan fingerprint density at radius 3 is 2.77 bits per heavy atom. The first-order valence-corrected chi connectivity index (χ1v) is 9.76.